The molecule has 0 atom stereocenters. The Labute approximate surface area is 71.8 Å². The predicted molar refractivity (Wildman–Crippen MR) is 47.8 cm³/mol. The molecule has 0 saturated carbocycles. The smallest absolute Gasteiger partial charge is 0.236 e. The van der Waals surface area contributed by atoms with Crippen molar-refractivity contribution in [1.29, 1.82) is 0 Å². The van der Waals surface area contributed by atoms with Gasteiger partial charge in [-0.15, -0.1) is 11.3 Å². The Balaban J connectivity index is 3.49. The van der Waals surface area contributed by atoms with Gasteiger partial charge in [0.15, 0.2) is 0 Å². The molecule has 0 spiro atoms. The summed E-state index contributed by atoms with van der Waals surface area (Å²) in [4.78, 5) is 11.0. The van der Waals surface area contributed by atoms with E-state index in [-0.39, 0.29) is 4.74 Å². The van der Waals surface area contributed by atoms with Gasteiger partial charge in [-0.2, -0.15) is 0 Å². The summed E-state index contributed by atoms with van der Waals surface area (Å²) < 4.78 is 1.08. The van der Waals surface area contributed by atoms with Crippen molar-refractivity contribution in [2.75, 3.05) is 0 Å². The van der Waals surface area contributed by atoms with E-state index in [0.717, 1.165) is 15.6 Å². The normalized spacial score (nSPS) is 9.90. The highest BCUT2D eigenvalue weighted by Gasteiger charge is 2.00. The molecule has 1 aromatic rings. The lowest BCUT2D eigenvalue weighted by Gasteiger charge is -1.97. The highest BCUT2D eigenvalue weighted by molar-refractivity contribution is 9.10. The second kappa shape index (κ2) is 2.84. The van der Waals surface area contributed by atoms with Crippen LogP contribution in [0.1, 0.15) is 11.1 Å². The minimum Gasteiger partial charge on any atom is -0.278 e. The maximum Gasteiger partial charge on any atom is 0.236 e. The van der Waals surface area contributed by atoms with Crippen LogP contribution in [-0.4, -0.2) is 0 Å². The molecule has 0 amide bonds. The van der Waals surface area contributed by atoms with Crippen LogP contribution in [0.4, 0.5) is 0 Å². The van der Waals surface area contributed by atoms with Gasteiger partial charge < -0.3 is 0 Å². The van der Waals surface area contributed by atoms with Gasteiger partial charge in [0.25, 0.3) is 0 Å². The molecule has 0 aliphatic carbocycles. The van der Waals surface area contributed by atoms with Crippen molar-refractivity contribution in [2.45, 2.75) is 13.8 Å². The van der Waals surface area contributed by atoms with E-state index in [1.165, 1.54) is 11.3 Å². The summed E-state index contributed by atoms with van der Waals surface area (Å²) in [5.41, 5.74) is 1.94. The first kappa shape index (κ1) is 7.95. The molecule has 10 heavy (non-hydrogen) atoms. The average molecular weight is 219 g/mol. The van der Waals surface area contributed by atoms with Crippen LogP contribution in [0.15, 0.2) is 14.6 Å². The standard InChI is InChI=1S/C7H7BrOS/c1-4-3-10-7(9)5(2)6(4)8/h3H,1-2H3. The molecular weight excluding hydrogens is 212 g/mol. The fourth-order valence-electron chi connectivity index (χ4n) is 0.667. The lowest BCUT2D eigenvalue weighted by molar-refractivity contribution is 1.36. The number of hydrogen-bond acceptors (Lipinski definition) is 2. The van der Waals surface area contributed by atoms with Gasteiger partial charge in [-0.05, 0) is 24.8 Å². The van der Waals surface area contributed by atoms with Gasteiger partial charge >= 0.3 is 0 Å². The number of hydrogen-bond donors (Lipinski definition) is 0. The third kappa shape index (κ3) is 1.30. The molecule has 1 aromatic heterocycles. The van der Waals surface area contributed by atoms with Gasteiger partial charge in [-0.3, -0.25) is 4.79 Å². The van der Waals surface area contributed by atoms with Gasteiger partial charge in [0.2, 0.25) is 4.74 Å². The van der Waals surface area contributed by atoms with E-state index in [2.05, 4.69) is 15.9 Å². The Morgan fingerprint density at radius 2 is 2.10 bits per heavy atom. The maximum atomic E-state index is 11.0. The first-order valence-corrected chi connectivity index (χ1v) is 4.54. The molecule has 0 N–H and O–H groups in total. The quantitative estimate of drug-likeness (QED) is 0.655. The average Bonchev–Trinajstić information content (AvgIpc) is 1.93. The minimum atomic E-state index is 0.137. The van der Waals surface area contributed by atoms with Crippen LogP contribution in [0.25, 0.3) is 0 Å². The topological polar surface area (TPSA) is 17.1 Å². The summed E-state index contributed by atoms with van der Waals surface area (Å²) in [6.07, 6.45) is 0. The Bertz CT molecular complexity index is 303. The Hall–Kier alpha value is -0.150. The van der Waals surface area contributed by atoms with Crippen LogP contribution in [0.2, 0.25) is 0 Å². The van der Waals surface area contributed by atoms with Crippen LogP contribution < -0.4 is 4.74 Å². The molecule has 0 bridgehead atoms. The Morgan fingerprint density at radius 3 is 2.60 bits per heavy atom. The molecule has 3 heteroatoms. The molecular formula is C7H7BrOS. The Morgan fingerprint density at radius 1 is 1.50 bits per heavy atom. The lowest BCUT2D eigenvalue weighted by atomic mass is 10.3. The van der Waals surface area contributed by atoms with Crippen LogP contribution in [0.3, 0.4) is 0 Å². The summed E-state index contributed by atoms with van der Waals surface area (Å²) >= 11 is 4.59. The fourth-order valence-corrected chi connectivity index (χ4v) is 1.93. The maximum absolute atomic E-state index is 11.0. The largest absolute Gasteiger partial charge is 0.278 e. The zero-order valence-electron chi connectivity index (χ0n) is 5.77. The zero-order chi connectivity index (χ0) is 7.72. The van der Waals surface area contributed by atoms with E-state index >= 15 is 0 Å². The Kier molecular flexibility index (Phi) is 2.26. The summed E-state index contributed by atoms with van der Waals surface area (Å²) in [5.74, 6) is 0. The third-order valence-electron chi connectivity index (χ3n) is 1.32. The van der Waals surface area contributed by atoms with Crippen LogP contribution in [0.5, 0.6) is 0 Å². The second-order valence-electron chi connectivity index (χ2n) is 2.15. The summed E-state index contributed by atoms with van der Waals surface area (Å²) in [6.45, 7) is 3.81. The fraction of sp³-hybridized carbons (Fsp3) is 0.286. The molecule has 1 heterocycles. The predicted octanol–water partition coefficient (Wildman–Crippen LogP) is 2.49. The minimum absolute atomic E-state index is 0.137. The van der Waals surface area contributed by atoms with E-state index in [9.17, 15) is 4.79 Å². The highest BCUT2D eigenvalue weighted by atomic mass is 79.9. The van der Waals surface area contributed by atoms with Crippen LogP contribution >= 0.6 is 27.3 Å². The van der Waals surface area contributed by atoms with Crippen molar-refractivity contribution in [3.8, 4) is 0 Å². The first-order chi connectivity index (χ1) is 4.63. The van der Waals surface area contributed by atoms with Gasteiger partial charge in [-0.1, -0.05) is 15.9 Å². The lowest BCUT2D eigenvalue weighted by Crippen LogP contribution is -1.99. The van der Waals surface area contributed by atoms with E-state index in [1.54, 1.807) is 0 Å². The van der Waals surface area contributed by atoms with E-state index in [0.29, 0.717) is 0 Å². The molecule has 0 aliphatic heterocycles. The number of rotatable bonds is 0. The van der Waals surface area contributed by atoms with Gasteiger partial charge in [0, 0.05) is 10.0 Å². The molecule has 0 radical (unpaired) electrons. The van der Waals surface area contributed by atoms with Gasteiger partial charge in [0.05, 0.1) is 0 Å². The molecule has 0 aromatic carbocycles. The molecule has 0 saturated heterocycles. The van der Waals surface area contributed by atoms with Gasteiger partial charge in [0.1, 0.15) is 0 Å². The number of aryl methyl sites for hydroxylation is 1. The zero-order valence-corrected chi connectivity index (χ0v) is 8.17. The van der Waals surface area contributed by atoms with E-state index in [4.69, 9.17) is 0 Å². The van der Waals surface area contributed by atoms with Crippen molar-refractivity contribution in [3.05, 3.63) is 30.5 Å². The van der Waals surface area contributed by atoms with E-state index in [1.807, 2.05) is 19.2 Å². The van der Waals surface area contributed by atoms with Crippen molar-refractivity contribution in [3.63, 3.8) is 0 Å². The van der Waals surface area contributed by atoms with Crippen molar-refractivity contribution in [2.24, 2.45) is 0 Å². The van der Waals surface area contributed by atoms with Crippen LogP contribution in [0, 0.1) is 13.8 Å². The van der Waals surface area contributed by atoms with Crippen molar-refractivity contribution >= 4 is 27.3 Å². The van der Waals surface area contributed by atoms with Crippen molar-refractivity contribution in [1.82, 2.24) is 0 Å². The number of halogens is 1. The molecule has 0 unspecified atom stereocenters. The SMILES string of the molecule is Cc1csc(=O)c(C)c1Br. The summed E-state index contributed by atoms with van der Waals surface area (Å²) in [7, 11) is 0. The van der Waals surface area contributed by atoms with Crippen molar-refractivity contribution < 1.29 is 0 Å². The van der Waals surface area contributed by atoms with Gasteiger partial charge in [-0.25, -0.2) is 0 Å². The molecule has 1 rings (SSSR count). The highest BCUT2D eigenvalue weighted by Crippen LogP contribution is 2.18. The monoisotopic (exact) mass is 218 g/mol. The molecule has 0 fully saturated rings. The third-order valence-corrected chi connectivity index (χ3v) is 3.54. The molecule has 54 valence electrons. The molecule has 1 nitrogen and oxygen atoms in total. The molecule has 0 aliphatic rings. The second-order valence-corrected chi connectivity index (χ2v) is 3.78. The summed E-state index contributed by atoms with van der Waals surface area (Å²) in [5, 5.41) is 1.86. The van der Waals surface area contributed by atoms with E-state index < -0.39 is 0 Å². The first-order valence-electron chi connectivity index (χ1n) is 2.87. The van der Waals surface area contributed by atoms with Crippen LogP contribution in [-0.2, 0) is 0 Å². The summed E-state index contributed by atoms with van der Waals surface area (Å²) in [6, 6.07) is 0.